The number of benzene rings is 1. The van der Waals surface area contributed by atoms with Crippen molar-refractivity contribution in [1.29, 1.82) is 0 Å². The van der Waals surface area contributed by atoms with Crippen LogP contribution in [0.3, 0.4) is 0 Å². The van der Waals surface area contributed by atoms with Gasteiger partial charge in [-0.15, -0.1) is 0 Å². The van der Waals surface area contributed by atoms with Crippen LogP contribution in [0.25, 0.3) is 0 Å². The summed E-state index contributed by atoms with van der Waals surface area (Å²) < 4.78 is 0. The van der Waals surface area contributed by atoms with Crippen LogP contribution < -0.4 is 5.32 Å². The fourth-order valence-electron chi connectivity index (χ4n) is 3.42. The lowest BCUT2D eigenvalue weighted by atomic mass is 9.75. The fourth-order valence-corrected chi connectivity index (χ4v) is 3.62. The molecule has 2 fully saturated rings. The number of likely N-dealkylation sites (tertiary alicyclic amines) is 1. The molecule has 1 N–H and O–H groups in total. The van der Waals surface area contributed by atoms with Gasteiger partial charge in [-0.2, -0.15) is 0 Å². The Kier molecular flexibility index (Phi) is 4.51. The molecule has 1 unspecified atom stereocenters. The van der Waals surface area contributed by atoms with Gasteiger partial charge in [0.25, 0.3) is 0 Å². The van der Waals surface area contributed by atoms with Crippen LogP contribution in [-0.4, -0.2) is 36.0 Å². The molecule has 1 aromatic carbocycles. The minimum absolute atomic E-state index is 0.0617. The molecule has 1 saturated carbocycles. The first-order valence-corrected chi connectivity index (χ1v) is 8.31. The van der Waals surface area contributed by atoms with Crippen LogP contribution in [0.5, 0.6) is 0 Å². The van der Waals surface area contributed by atoms with E-state index in [4.69, 9.17) is 11.6 Å². The second-order valence-corrected chi connectivity index (χ2v) is 6.78. The largest absolute Gasteiger partial charge is 0.341 e. The third-order valence-electron chi connectivity index (χ3n) is 4.73. The van der Waals surface area contributed by atoms with Gasteiger partial charge in [0.15, 0.2) is 0 Å². The maximum Gasteiger partial charge on any atom is 0.239 e. The molecule has 1 atom stereocenters. The molecule has 0 bridgehead atoms. The Morgan fingerprint density at radius 1 is 1.33 bits per heavy atom. The van der Waals surface area contributed by atoms with Gasteiger partial charge in [-0.25, -0.2) is 0 Å². The quantitative estimate of drug-likeness (QED) is 0.926. The number of nitrogens with one attached hydrogen (secondary N) is 1. The van der Waals surface area contributed by atoms with Crippen molar-refractivity contribution in [3.05, 3.63) is 34.9 Å². The van der Waals surface area contributed by atoms with E-state index in [1.54, 1.807) is 0 Å². The topological polar surface area (TPSA) is 32.3 Å². The summed E-state index contributed by atoms with van der Waals surface area (Å²) in [6, 6.07) is 8.52. The van der Waals surface area contributed by atoms with Crippen molar-refractivity contribution in [1.82, 2.24) is 10.2 Å². The molecular formula is C17H23ClN2O. The van der Waals surface area contributed by atoms with E-state index in [0.29, 0.717) is 12.0 Å². The number of amides is 1. The molecule has 1 heterocycles. The first kappa shape index (κ1) is 14.9. The van der Waals surface area contributed by atoms with Gasteiger partial charge in [0.1, 0.15) is 0 Å². The molecule has 1 amide bonds. The summed E-state index contributed by atoms with van der Waals surface area (Å²) in [5.41, 5.74) is 1.32. The maximum atomic E-state index is 12.3. The predicted molar refractivity (Wildman–Crippen MR) is 85.6 cm³/mol. The number of nitrogens with zero attached hydrogens (tertiary/aromatic N) is 1. The molecule has 0 spiro atoms. The minimum atomic E-state index is -0.0617. The van der Waals surface area contributed by atoms with Gasteiger partial charge >= 0.3 is 0 Å². The summed E-state index contributed by atoms with van der Waals surface area (Å²) >= 11 is 6.04. The lowest BCUT2D eigenvalue weighted by Gasteiger charge is -2.38. The van der Waals surface area contributed by atoms with Crippen molar-refractivity contribution in [2.75, 3.05) is 13.1 Å². The van der Waals surface area contributed by atoms with Crippen molar-refractivity contribution >= 4 is 17.5 Å². The van der Waals surface area contributed by atoms with Crippen LogP contribution in [0.15, 0.2) is 24.3 Å². The average Bonchev–Trinajstić information content (AvgIpc) is 2.95. The van der Waals surface area contributed by atoms with Gasteiger partial charge in [0.2, 0.25) is 5.91 Å². The molecule has 0 aromatic heterocycles. The number of carbonyl (C=O) groups is 1. The van der Waals surface area contributed by atoms with Gasteiger partial charge in [-0.1, -0.05) is 23.7 Å². The molecule has 3 rings (SSSR count). The highest BCUT2D eigenvalue weighted by Gasteiger charge is 2.33. The van der Waals surface area contributed by atoms with Gasteiger partial charge in [0.05, 0.1) is 6.04 Å². The van der Waals surface area contributed by atoms with Crippen molar-refractivity contribution in [2.45, 2.75) is 50.6 Å². The Morgan fingerprint density at radius 2 is 2.05 bits per heavy atom. The molecule has 3 nitrogen and oxygen atoms in total. The van der Waals surface area contributed by atoms with E-state index in [1.807, 2.05) is 24.0 Å². The molecule has 114 valence electrons. The van der Waals surface area contributed by atoms with Crippen LogP contribution >= 0.6 is 11.6 Å². The molecular weight excluding hydrogens is 284 g/mol. The molecule has 2 aliphatic rings. The smallest absolute Gasteiger partial charge is 0.239 e. The van der Waals surface area contributed by atoms with Crippen molar-refractivity contribution in [3.63, 3.8) is 0 Å². The Morgan fingerprint density at radius 3 is 2.71 bits per heavy atom. The summed E-state index contributed by atoms with van der Waals surface area (Å²) in [6.07, 6.45) is 4.49. The van der Waals surface area contributed by atoms with E-state index in [0.717, 1.165) is 43.8 Å². The fraction of sp³-hybridized carbons (Fsp3) is 0.588. The first-order valence-electron chi connectivity index (χ1n) is 7.94. The lowest BCUT2D eigenvalue weighted by molar-refractivity contribution is -0.132. The maximum absolute atomic E-state index is 12.3. The third kappa shape index (κ3) is 3.41. The molecule has 0 radical (unpaired) electrons. The Balaban J connectivity index is 1.47. The monoisotopic (exact) mass is 306 g/mol. The van der Waals surface area contributed by atoms with Crippen molar-refractivity contribution in [3.8, 4) is 0 Å². The number of hydrogen-bond acceptors (Lipinski definition) is 2. The third-order valence-corrected chi connectivity index (χ3v) is 4.97. The van der Waals surface area contributed by atoms with Gasteiger partial charge in [-0.3, -0.25) is 4.79 Å². The predicted octanol–water partition coefficient (Wildman–Crippen LogP) is 3.19. The summed E-state index contributed by atoms with van der Waals surface area (Å²) in [6.45, 7) is 3.86. The van der Waals surface area contributed by atoms with E-state index in [-0.39, 0.29) is 11.9 Å². The number of halogens is 1. The second-order valence-electron chi connectivity index (χ2n) is 6.34. The molecule has 1 aliphatic carbocycles. The summed E-state index contributed by atoms with van der Waals surface area (Å²) in [5.74, 6) is 0.842. The highest BCUT2D eigenvalue weighted by atomic mass is 35.5. The van der Waals surface area contributed by atoms with E-state index in [1.165, 1.54) is 5.56 Å². The van der Waals surface area contributed by atoms with Crippen LogP contribution in [0, 0.1) is 0 Å². The minimum Gasteiger partial charge on any atom is -0.341 e. The van der Waals surface area contributed by atoms with E-state index < -0.39 is 0 Å². The van der Waals surface area contributed by atoms with Crippen LogP contribution in [0.4, 0.5) is 0 Å². The zero-order chi connectivity index (χ0) is 14.8. The standard InChI is InChI=1S/C17H23ClN2O/c1-12(17(21)20-7-2-3-8-20)19-16-10-14(11-16)13-5-4-6-15(18)9-13/h4-6,9,12,14,16,19H,2-3,7-8,10-11H2,1H3. The van der Waals surface area contributed by atoms with E-state index in [2.05, 4.69) is 17.4 Å². The molecule has 1 aliphatic heterocycles. The lowest BCUT2D eigenvalue weighted by Crippen LogP contribution is -2.51. The molecule has 4 heteroatoms. The zero-order valence-electron chi connectivity index (χ0n) is 12.5. The van der Waals surface area contributed by atoms with Gasteiger partial charge in [-0.05, 0) is 56.2 Å². The van der Waals surface area contributed by atoms with E-state index in [9.17, 15) is 4.79 Å². The highest BCUT2D eigenvalue weighted by molar-refractivity contribution is 6.30. The summed E-state index contributed by atoms with van der Waals surface area (Å²) in [4.78, 5) is 14.3. The Labute approximate surface area is 131 Å². The Hall–Kier alpha value is -1.06. The molecule has 21 heavy (non-hydrogen) atoms. The first-order chi connectivity index (χ1) is 10.1. The van der Waals surface area contributed by atoms with Crippen LogP contribution in [0.2, 0.25) is 5.02 Å². The highest BCUT2D eigenvalue weighted by Crippen LogP contribution is 2.37. The van der Waals surface area contributed by atoms with Gasteiger partial charge < -0.3 is 10.2 Å². The van der Waals surface area contributed by atoms with Crippen molar-refractivity contribution < 1.29 is 4.79 Å². The number of hydrogen-bond donors (Lipinski definition) is 1. The second kappa shape index (κ2) is 6.37. The summed E-state index contributed by atoms with van der Waals surface area (Å²) in [7, 11) is 0. The van der Waals surface area contributed by atoms with Gasteiger partial charge in [0, 0.05) is 24.2 Å². The van der Waals surface area contributed by atoms with Crippen LogP contribution in [-0.2, 0) is 4.79 Å². The molecule has 1 aromatic rings. The SMILES string of the molecule is CC(NC1CC(c2cccc(Cl)c2)C1)C(=O)N1CCCC1. The number of carbonyl (C=O) groups excluding carboxylic acids is 1. The normalized spacial score (nSPS) is 26.5. The van der Waals surface area contributed by atoms with Crippen molar-refractivity contribution in [2.24, 2.45) is 0 Å². The Bertz CT molecular complexity index is 507. The summed E-state index contributed by atoms with van der Waals surface area (Å²) in [5, 5.41) is 4.29. The van der Waals surface area contributed by atoms with Crippen LogP contribution in [0.1, 0.15) is 44.1 Å². The number of rotatable bonds is 4. The van der Waals surface area contributed by atoms with E-state index >= 15 is 0 Å². The zero-order valence-corrected chi connectivity index (χ0v) is 13.3. The molecule has 1 saturated heterocycles. The average molecular weight is 307 g/mol.